The molecule has 0 saturated carbocycles. The molecule has 1 rings (SSSR count). The maximum absolute atomic E-state index is 11.0. The number of esters is 1. The number of carbonyl (C=O) groups excluding carboxylic acids is 1. The summed E-state index contributed by atoms with van der Waals surface area (Å²) in [7, 11) is 6.38. The van der Waals surface area contributed by atoms with Crippen LogP contribution >= 0.6 is 24.0 Å². The van der Waals surface area contributed by atoms with Gasteiger partial charge in [-0.3, -0.25) is 9.79 Å². The van der Waals surface area contributed by atoms with Crippen LogP contribution in [0.25, 0.3) is 0 Å². The lowest BCUT2D eigenvalue weighted by Crippen LogP contribution is -2.37. The Morgan fingerprint density at radius 2 is 1.88 bits per heavy atom. The summed E-state index contributed by atoms with van der Waals surface area (Å²) >= 11 is 0. The Bertz CT molecular complexity index is 553. The van der Waals surface area contributed by atoms with E-state index in [4.69, 9.17) is 9.47 Å². The topological polar surface area (TPSA) is 81.2 Å². The van der Waals surface area contributed by atoms with Crippen LogP contribution in [0.15, 0.2) is 23.2 Å². The molecule has 2 N–H and O–H groups in total. The van der Waals surface area contributed by atoms with E-state index in [1.54, 1.807) is 21.3 Å². The molecule has 0 unspecified atom stereocenters. The zero-order valence-electron chi connectivity index (χ0n) is 15.3. The largest absolute Gasteiger partial charge is 0.497 e. The number of rotatable bonds is 9. The summed E-state index contributed by atoms with van der Waals surface area (Å²) in [6, 6.07) is 5.69. The van der Waals surface area contributed by atoms with E-state index in [0.717, 1.165) is 36.4 Å². The first-order chi connectivity index (χ1) is 11.6. The van der Waals surface area contributed by atoms with Crippen LogP contribution in [0.2, 0.25) is 0 Å². The summed E-state index contributed by atoms with van der Waals surface area (Å²) in [5.74, 6) is 2.04. The number of methoxy groups -OCH3 is 3. The van der Waals surface area contributed by atoms with Crippen LogP contribution in [0, 0.1) is 0 Å². The van der Waals surface area contributed by atoms with Crippen molar-refractivity contribution < 1.29 is 19.0 Å². The molecule has 7 nitrogen and oxygen atoms in total. The highest BCUT2D eigenvalue weighted by atomic mass is 127. The number of aliphatic imine (C=N–C) groups is 1. The van der Waals surface area contributed by atoms with Gasteiger partial charge in [0.25, 0.3) is 0 Å². The fraction of sp³-hybridized carbons (Fsp3) is 0.529. The lowest BCUT2D eigenvalue weighted by molar-refractivity contribution is -0.140. The van der Waals surface area contributed by atoms with E-state index in [0.29, 0.717) is 18.9 Å². The minimum absolute atomic E-state index is 0. The van der Waals surface area contributed by atoms with Gasteiger partial charge < -0.3 is 24.8 Å². The smallest absolute Gasteiger partial charge is 0.305 e. The predicted octanol–water partition coefficient (Wildman–Crippen LogP) is 2.33. The van der Waals surface area contributed by atoms with Crippen molar-refractivity contribution in [2.75, 3.05) is 34.9 Å². The molecule has 8 heteroatoms. The maximum Gasteiger partial charge on any atom is 0.305 e. The normalized spacial score (nSPS) is 10.5. The number of carbonyl (C=O) groups is 1. The number of hydrogen-bond acceptors (Lipinski definition) is 5. The molecule has 0 radical (unpaired) electrons. The van der Waals surface area contributed by atoms with Crippen LogP contribution in [0.3, 0.4) is 0 Å². The third-order valence-corrected chi connectivity index (χ3v) is 3.49. The predicted molar refractivity (Wildman–Crippen MR) is 109 cm³/mol. The van der Waals surface area contributed by atoms with Crippen molar-refractivity contribution in [3.05, 3.63) is 23.8 Å². The van der Waals surface area contributed by atoms with E-state index in [9.17, 15) is 4.79 Å². The second-order valence-electron chi connectivity index (χ2n) is 5.06. The Balaban J connectivity index is 0.00000576. The Kier molecular flexibility index (Phi) is 12.6. The standard InChI is InChI=1S/C17H27N3O4.HI/c1-18-17(19-10-6-5-7-16(21)24-4)20-12-13-8-9-14(22-2)11-15(13)23-3;/h8-9,11H,5-7,10,12H2,1-4H3,(H2,18,19,20);1H. The molecule has 0 aliphatic heterocycles. The molecule has 0 fully saturated rings. The van der Waals surface area contributed by atoms with Crippen molar-refractivity contribution in [1.29, 1.82) is 0 Å². The third-order valence-electron chi connectivity index (χ3n) is 3.49. The van der Waals surface area contributed by atoms with E-state index in [1.807, 2.05) is 18.2 Å². The number of ether oxygens (including phenoxy) is 3. The van der Waals surface area contributed by atoms with Crippen LogP contribution < -0.4 is 20.1 Å². The monoisotopic (exact) mass is 465 g/mol. The van der Waals surface area contributed by atoms with Gasteiger partial charge in [-0.2, -0.15) is 0 Å². The van der Waals surface area contributed by atoms with Gasteiger partial charge in [-0.15, -0.1) is 24.0 Å². The van der Waals surface area contributed by atoms with Crippen molar-refractivity contribution in [3.63, 3.8) is 0 Å². The summed E-state index contributed by atoms with van der Waals surface area (Å²) in [6.45, 7) is 1.31. The molecular weight excluding hydrogens is 437 g/mol. The number of nitrogens with zero attached hydrogens (tertiary/aromatic N) is 1. The molecule has 0 spiro atoms. The Morgan fingerprint density at radius 3 is 2.48 bits per heavy atom. The molecule has 1 aromatic rings. The van der Waals surface area contributed by atoms with Crippen LogP contribution in [0.4, 0.5) is 0 Å². The lowest BCUT2D eigenvalue weighted by atomic mass is 10.2. The summed E-state index contributed by atoms with van der Waals surface area (Å²) in [4.78, 5) is 15.2. The third kappa shape index (κ3) is 8.80. The maximum atomic E-state index is 11.0. The summed E-state index contributed by atoms with van der Waals surface area (Å²) < 4.78 is 15.2. The number of nitrogens with one attached hydrogen (secondary N) is 2. The van der Waals surface area contributed by atoms with Gasteiger partial charge in [-0.1, -0.05) is 0 Å². The van der Waals surface area contributed by atoms with Gasteiger partial charge in [0.1, 0.15) is 11.5 Å². The van der Waals surface area contributed by atoms with Gasteiger partial charge in [0.15, 0.2) is 5.96 Å². The highest BCUT2D eigenvalue weighted by Gasteiger charge is 2.06. The first kappa shape index (κ1) is 23.3. The van der Waals surface area contributed by atoms with E-state index < -0.39 is 0 Å². The van der Waals surface area contributed by atoms with Gasteiger partial charge in [-0.25, -0.2) is 0 Å². The first-order valence-corrected chi connectivity index (χ1v) is 7.86. The lowest BCUT2D eigenvalue weighted by Gasteiger charge is -2.14. The van der Waals surface area contributed by atoms with Crippen LogP contribution in [0.5, 0.6) is 11.5 Å². The highest BCUT2D eigenvalue weighted by Crippen LogP contribution is 2.24. The number of unbranched alkanes of at least 4 members (excludes halogenated alkanes) is 1. The van der Waals surface area contributed by atoms with Gasteiger partial charge in [0, 0.05) is 38.2 Å². The molecule has 0 aliphatic rings. The van der Waals surface area contributed by atoms with Crippen molar-refractivity contribution >= 4 is 35.9 Å². The van der Waals surface area contributed by atoms with Crippen LogP contribution in [-0.2, 0) is 16.1 Å². The Labute approximate surface area is 166 Å². The molecule has 25 heavy (non-hydrogen) atoms. The second kappa shape index (κ2) is 13.6. The van der Waals surface area contributed by atoms with E-state index >= 15 is 0 Å². The summed E-state index contributed by atoms with van der Waals surface area (Å²) in [5.41, 5.74) is 1.01. The zero-order chi connectivity index (χ0) is 17.8. The number of benzene rings is 1. The number of halogens is 1. The highest BCUT2D eigenvalue weighted by molar-refractivity contribution is 14.0. The summed E-state index contributed by atoms with van der Waals surface area (Å²) in [6.07, 6.45) is 2.08. The van der Waals surface area contributed by atoms with Gasteiger partial charge in [-0.05, 0) is 25.0 Å². The number of guanidine groups is 1. The average Bonchev–Trinajstić information content (AvgIpc) is 2.63. The van der Waals surface area contributed by atoms with E-state index in [-0.39, 0.29) is 29.9 Å². The van der Waals surface area contributed by atoms with Gasteiger partial charge in [0.05, 0.1) is 21.3 Å². The number of hydrogen-bond donors (Lipinski definition) is 2. The Morgan fingerprint density at radius 1 is 1.12 bits per heavy atom. The van der Waals surface area contributed by atoms with Crippen LogP contribution in [-0.4, -0.2) is 46.9 Å². The Hall–Kier alpha value is -1.71. The minimum Gasteiger partial charge on any atom is -0.497 e. The van der Waals surface area contributed by atoms with E-state index in [2.05, 4.69) is 20.4 Å². The molecule has 0 atom stereocenters. The molecule has 0 saturated heterocycles. The minimum atomic E-state index is -0.177. The molecule has 0 aliphatic carbocycles. The molecule has 0 amide bonds. The molecular formula is C17H28IN3O4. The molecule has 0 bridgehead atoms. The molecule has 0 aromatic heterocycles. The fourth-order valence-electron chi connectivity index (χ4n) is 2.10. The summed E-state index contributed by atoms with van der Waals surface area (Å²) in [5, 5.41) is 6.45. The van der Waals surface area contributed by atoms with Crippen molar-refractivity contribution in [1.82, 2.24) is 10.6 Å². The van der Waals surface area contributed by atoms with E-state index in [1.165, 1.54) is 7.11 Å². The quantitative estimate of drug-likeness (QED) is 0.192. The van der Waals surface area contributed by atoms with Gasteiger partial charge in [0.2, 0.25) is 0 Å². The van der Waals surface area contributed by atoms with Gasteiger partial charge >= 0.3 is 5.97 Å². The van der Waals surface area contributed by atoms with Crippen molar-refractivity contribution in [3.8, 4) is 11.5 Å². The average molecular weight is 465 g/mol. The first-order valence-electron chi connectivity index (χ1n) is 7.86. The SMILES string of the molecule is CN=C(NCCCCC(=O)OC)NCc1ccc(OC)cc1OC.I. The molecule has 142 valence electrons. The fourth-order valence-corrected chi connectivity index (χ4v) is 2.10. The molecule has 1 aromatic carbocycles. The molecule has 0 heterocycles. The van der Waals surface area contributed by atoms with Crippen molar-refractivity contribution in [2.45, 2.75) is 25.8 Å². The van der Waals surface area contributed by atoms with Crippen LogP contribution in [0.1, 0.15) is 24.8 Å². The van der Waals surface area contributed by atoms with Crippen molar-refractivity contribution in [2.24, 2.45) is 4.99 Å². The zero-order valence-corrected chi connectivity index (χ0v) is 17.6. The second-order valence-corrected chi connectivity index (χ2v) is 5.06.